The summed E-state index contributed by atoms with van der Waals surface area (Å²) in [6, 6.07) is 23.9. The molecule has 0 bridgehead atoms. The molecule has 112 valence electrons. The molecule has 0 unspecified atom stereocenters. The number of carbonyl (C=O) groups is 1. The summed E-state index contributed by atoms with van der Waals surface area (Å²) in [6.45, 7) is 0.360. The third-order valence-electron chi connectivity index (χ3n) is 3.61. The van der Waals surface area contributed by atoms with Crippen molar-refractivity contribution in [1.29, 1.82) is 0 Å². The molecule has 0 radical (unpaired) electrons. The Morgan fingerprint density at radius 3 is 2.48 bits per heavy atom. The second-order valence-electron chi connectivity index (χ2n) is 5.26. The number of carbonyl (C=O) groups excluding carboxylic acids is 1. The van der Waals surface area contributed by atoms with E-state index in [1.807, 2.05) is 60.7 Å². The highest BCUT2D eigenvalue weighted by Gasteiger charge is 2.05. The summed E-state index contributed by atoms with van der Waals surface area (Å²) >= 11 is 0. The van der Waals surface area contributed by atoms with Gasteiger partial charge in [0.15, 0.2) is 0 Å². The van der Waals surface area contributed by atoms with Crippen LogP contribution in [-0.2, 0) is 11.2 Å². The number of amides is 1. The molecule has 3 aromatic carbocycles. The summed E-state index contributed by atoms with van der Waals surface area (Å²) in [6.07, 6.45) is 0.369. The van der Waals surface area contributed by atoms with Crippen LogP contribution in [0, 0.1) is 11.8 Å². The van der Waals surface area contributed by atoms with E-state index in [4.69, 9.17) is 0 Å². The summed E-state index contributed by atoms with van der Waals surface area (Å²) in [7, 11) is 0. The summed E-state index contributed by atoms with van der Waals surface area (Å²) < 4.78 is 0. The highest BCUT2D eigenvalue weighted by molar-refractivity contribution is 5.90. The maximum absolute atomic E-state index is 12.1. The lowest BCUT2D eigenvalue weighted by molar-refractivity contribution is -0.120. The predicted octanol–water partition coefficient (Wildman–Crippen LogP) is 3.55. The van der Waals surface area contributed by atoms with Gasteiger partial charge in [0.1, 0.15) is 0 Å². The zero-order valence-electron chi connectivity index (χ0n) is 12.8. The van der Waals surface area contributed by atoms with Crippen molar-refractivity contribution in [1.82, 2.24) is 5.32 Å². The maximum Gasteiger partial charge on any atom is 0.225 e. The molecule has 0 saturated carbocycles. The van der Waals surface area contributed by atoms with Gasteiger partial charge in [-0.25, -0.2) is 0 Å². The molecule has 0 heterocycles. The van der Waals surface area contributed by atoms with Crippen LogP contribution < -0.4 is 5.32 Å². The monoisotopic (exact) mass is 299 g/mol. The number of hydrogen-bond donors (Lipinski definition) is 1. The van der Waals surface area contributed by atoms with E-state index in [1.54, 1.807) is 0 Å². The highest BCUT2D eigenvalue weighted by atomic mass is 16.1. The molecular formula is C21H17NO. The van der Waals surface area contributed by atoms with Crippen molar-refractivity contribution in [2.75, 3.05) is 6.54 Å². The van der Waals surface area contributed by atoms with Crippen molar-refractivity contribution in [3.63, 3.8) is 0 Å². The van der Waals surface area contributed by atoms with Crippen LogP contribution in [0.25, 0.3) is 10.8 Å². The molecule has 0 aromatic heterocycles. The molecule has 0 aliphatic heterocycles. The summed E-state index contributed by atoms with van der Waals surface area (Å²) in [5, 5.41) is 5.13. The van der Waals surface area contributed by atoms with Gasteiger partial charge in [-0.15, -0.1) is 0 Å². The van der Waals surface area contributed by atoms with Crippen molar-refractivity contribution < 1.29 is 4.79 Å². The first-order chi connectivity index (χ1) is 11.3. The second kappa shape index (κ2) is 7.29. The normalized spacial score (nSPS) is 9.91. The molecule has 2 nitrogen and oxygen atoms in total. The molecular weight excluding hydrogens is 282 g/mol. The first-order valence-corrected chi connectivity index (χ1v) is 7.60. The Hall–Kier alpha value is -3.05. The van der Waals surface area contributed by atoms with E-state index in [2.05, 4.69) is 29.3 Å². The lowest BCUT2D eigenvalue weighted by Gasteiger charge is -2.06. The Bertz CT molecular complexity index is 867. The standard InChI is InChI=1S/C21H17NO/c23-21(22-15-7-10-17-8-2-1-3-9-17)16-19-13-6-12-18-11-4-5-14-20(18)19/h1-6,8-9,11-14H,15-16H2,(H,22,23). The fourth-order valence-corrected chi connectivity index (χ4v) is 2.49. The van der Waals surface area contributed by atoms with Gasteiger partial charge in [0.05, 0.1) is 13.0 Å². The smallest absolute Gasteiger partial charge is 0.225 e. The SMILES string of the molecule is O=C(Cc1cccc2ccccc12)NCC#Cc1ccccc1. The van der Waals surface area contributed by atoms with Crippen LogP contribution in [0.15, 0.2) is 72.8 Å². The molecule has 0 saturated heterocycles. The van der Waals surface area contributed by atoms with Crippen molar-refractivity contribution in [2.24, 2.45) is 0 Å². The fraction of sp³-hybridized carbons (Fsp3) is 0.0952. The minimum Gasteiger partial charge on any atom is -0.345 e. The molecule has 2 heteroatoms. The predicted molar refractivity (Wildman–Crippen MR) is 94.0 cm³/mol. The average molecular weight is 299 g/mol. The molecule has 0 aliphatic carbocycles. The van der Waals surface area contributed by atoms with E-state index in [0.29, 0.717) is 13.0 Å². The van der Waals surface area contributed by atoms with Gasteiger partial charge in [-0.1, -0.05) is 72.5 Å². The first-order valence-electron chi connectivity index (χ1n) is 7.60. The third kappa shape index (κ3) is 3.99. The third-order valence-corrected chi connectivity index (χ3v) is 3.61. The molecule has 23 heavy (non-hydrogen) atoms. The zero-order chi connectivity index (χ0) is 15.9. The average Bonchev–Trinajstić information content (AvgIpc) is 2.60. The van der Waals surface area contributed by atoms with Crippen molar-refractivity contribution in [3.05, 3.63) is 83.9 Å². The quantitative estimate of drug-likeness (QED) is 0.736. The first kappa shape index (κ1) is 14.9. The van der Waals surface area contributed by atoms with E-state index in [1.165, 1.54) is 0 Å². The van der Waals surface area contributed by atoms with Gasteiger partial charge in [0.2, 0.25) is 5.91 Å². The van der Waals surface area contributed by atoms with Crippen LogP contribution in [0.4, 0.5) is 0 Å². The molecule has 0 aliphatic rings. The summed E-state index contributed by atoms with van der Waals surface area (Å²) in [5.74, 6) is 5.99. The van der Waals surface area contributed by atoms with Gasteiger partial charge in [-0.05, 0) is 28.5 Å². The lowest BCUT2D eigenvalue weighted by Crippen LogP contribution is -2.25. The van der Waals surface area contributed by atoms with E-state index in [0.717, 1.165) is 21.9 Å². The van der Waals surface area contributed by atoms with Crippen LogP contribution in [-0.4, -0.2) is 12.5 Å². The van der Waals surface area contributed by atoms with Gasteiger partial charge >= 0.3 is 0 Å². The summed E-state index contributed by atoms with van der Waals surface area (Å²) in [4.78, 5) is 12.1. The number of rotatable bonds is 3. The number of benzene rings is 3. The van der Waals surface area contributed by atoms with Crippen LogP contribution in [0.2, 0.25) is 0 Å². The van der Waals surface area contributed by atoms with Gasteiger partial charge in [0, 0.05) is 5.56 Å². The van der Waals surface area contributed by atoms with Crippen molar-refractivity contribution in [3.8, 4) is 11.8 Å². The molecule has 3 rings (SSSR count). The van der Waals surface area contributed by atoms with Gasteiger partial charge in [-0.2, -0.15) is 0 Å². The van der Waals surface area contributed by atoms with Crippen LogP contribution in [0.1, 0.15) is 11.1 Å². The van der Waals surface area contributed by atoms with Crippen LogP contribution in [0.3, 0.4) is 0 Å². The van der Waals surface area contributed by atoms with Gasteiger partial charge in [-0.3, -0.25) is 4.79 Å². The molecule has 0 spiro atoms. The number of nitrogens with one attached hydrogen (secondary N) is 1. The molecule has 1 amide bonds. The van der Waals surface area contributed by atoms with Gasteiger partial charge < -0.3 is 5.32 Å². The van der Waals surface area contributed by atoms with E-state index < -0.39 is 0 Å². The Balaban J connectivity index is 1.60. The molecule has 3 aromatic rings. The van der Waals surface area contributed by atoms with E-state index in [-0.39, 0.29) is 5.91 Å². The number of hydrogen-bond acceptors (Lipinski definition) is 1. The Morgan fingerprint density at radius 2 is 1.61 bits per heavy atom. The fourth-order valence-electron chi connectivity index (χ4n) is 2.49. The Labute approximate surface area is 136 Å². The molecule has 1 N–H and O–H groups in total. The van der Waals surface area contributed by atoms with Crippen LogP contribution >= 0.6 is 0 Å². The minimum absolute atomic E-state index is 0.0104. The van der Waals surface area contributed by atoms with E-state index >= 15 is 0 Å². The van der Waals surface area contributed by atoms with Gasteiger partial charge in [0.25, 0.3) is 0 Å². The molecule has 0 atom stereocenters. The number of fused-ring (bicyclic) bond motifs is 1. The Morgan fingerprint density at radius 1 is 0.870 bits per heavy atom. The van der Waals surface area contributed by atoms with Crippen molar-refractivity contribution in [2.45, 2.75) is 6.42 Å². The largest absolute Gasteiger partial charge is 0.345 e. The van der Waals surface area contributed by atoms with Crippen molar-refractivity contribution >= 4 is 16.7 Å². The second-order valence-corrected chi connectivity index (χ2v) is 5.26. The summed E-state index contributed by atoms with van der Waals surface area (Å²) in [5.41, 5.74) is 1.99. The molecule has 0 fully saturated rings. The van der Waals surface area contributed by atoms with E-state index in [9.17, 15) is 4.79 Å². The Kier molecular flexibility index (Phi) is 4.71. The highest BCUT2D eigenvalue weighted by Crippen LogP contribution is 2.18. The van der Waals surface area contributed by atoms with Crippen LogP contribution in [0.5, 0.6) is 0 Å². The topological polar surface area (TPSA) is 29.1 Å². The maximum atomic E-state index is 12.1. The zero-order valence-corrected chi connectivity index (χ0v) is 12.8. The minimum atomic E-state index is -0.0104. The lowest BCUT2D eigenvalue weighted by atomic mass is 10.0.